The highest BCUT2D eigenvalue weighted by atomic mass is 15.1. The Morgan fingerprint density at radius 2 is 1.82 bits per heavy atom. The Labute approximate surface area is 167 Å². The molecule has 4 atom stereocenters. The summed E-state index contributed by atoms with van der Waals surface area (Å²) < 4.78 is 0. The number of fused-ring (bicyclic) bond motifs is 1. The summed E-state index contributed by atoms with van der Waals surface area (Å²) >= 11 is 0. The maximum Gasteiger partial charge on any atom is 0.203 e. The zero-order valence-corrected chi connectivity index (χ0v) is 16.7. The minimum Gasteiger partial charge on any atom is -0.331 e. The topological polar surface area (TPSA) is 99.7 Å². The minimum atomic E-state index is -1.61. The number of benzene rings is 1. The Bertz CT molecular complexity index is 906. The van der Waals surface area contributed by atoms with Crippen molar-refractivity contribution in [3.05, 3.63) is 47.0 Å². The quantitative estimate of drug-likeness (QED) is 0.798. The number of nitrogens with one attached hydrogen (secondary N) is 2. The molecule has 1 unspecified atom stereocenters. The van der Waals surface area contributed by atoms with Crippen LogP contribution in [-0.2, 0) is 0 Å². The highest BCUT2D eigenvalue weighted by molar-refractivity contribution is 6.01. The fourth-order valence-electron chi connectivity index (χ4n) is 4.70. The maximum atomic E-state index is 9.94. The Morgan fingerprint density at radius 3 is 2.32 bits per heavy atom. The number of nitriles is 3. The first-order chi connectivity index (χ1) is 13.4. The average Bonchev–Trinajstić information content (AvgIpc) is 2.73. The number of nitrogens with zero attached hydrogens (tertiary/aromatic N) is 3. The molecule has 3 rings (SSSR count). The second kappa shape index (κ2) is 7.59. The van der Waals surface area contributed by atoms with E-state index in [1.54, 1.807) is 0 Å². The van der Waals surface area contributed by atoms with Crippen molar-refractivity contribution in [3.8, 4) is 18.2 Å². The SMILES string of the molecule is CC[NH+]1CC=C2[C@H](C1)[C@H](c1ccc(C(C)C)cc1)[C@H](C#N)C(=N)C2(C#N)C#N. The lowest BCUT2D eigenvalue weighted by Gasteiger charge is -2.45. The lowest BCUT2D eigenvalue weighted by Crippen LogP contribution is -3.13. The maximum absolute atomic E-state index is 9.94. The van der Waals surface area contributed by atoms with Gasteiger partial charge in [0.25, 0.3) is 0 Å². The molecule has 0 radical (unpaired) electrons. The van der Waals surface area contributed by atoms with E-state index in [1.807, 2.05) is 6.08 Å². The first-order valence-electron chi connectivity index (χ1n) is 9.88. The predicted molar refractivity (Wildman–Crippen MR) is 107 cm³/mol. The predicted octanol–water partition coefficient (Wildman–Crippen LogP) is 2.56. The third kappa shape index (κ3) is 2.91. The Morgan fingerprint density at radius 1 is 1.18 bits per heavy atom. The van der Waals surface area contributed by atoms with E-state index in [-0.39, 0.29) is 17.5 Å². The smallest absolute Gasteiger partial charge is 0.203 e. The summed E-state index contributed by atoms with van der Waals surface area (Å²) in [7, 11) is 0. The average molecular weight is 372 g/mol. The summed E-state index contributed by atoms with van der Waals surface area (Å²) in [6, 6.07) is 14.7. The van der Waals surface area contributed by atoms with E-state index in [4.69, 9.17) is 5.41 Å². The van der Waals surface area contributed by atoms with E-state index in [1.165, 1.54) is 10.5 Å². The zero-order chi connectivity index (χ0) is 20.5. The van der Waals surface area contributed by atoms with E-state index < -0.39 is 11.3 Å². The van der Waals surface area contributed by atoms with Gasteiger partial charge in [-0.3, -0.25) is 0 Å². The van der Waals surface area contributed by atoms with Crippen molar-refractivity contribution in [2.45, 2.75) is 32.6 Å². The van der Waals surface area contributed by atoms with Gasteiger partial charge < -0.3 is 10.3 Å². The van der Waals surface area contributed by atoms with Gasteiger partial charge in [-0.05, 0) is 35.6 Å². The molecule has 1 saturated carbocycles. The van der Waals surface area contributed by atoms with Gasteiger partial charge in [0.05, 0.1) is 49.5 Å². The molecular formula is C23H26N5+. The molecule has 142 valence electrons. The summed E-state index contributed by atoms with van der Waals surface area (Å²) in [4.78, 5) is 1.37. The monoisotopic (exact) mass is 372 g/mol. The number of hydrogen-bond donors (Lipinski definition) is 2. The van der Waals surface area contributed by atoms with E-state index in [0.29, 0.717) is 5.92 Å². The molecule has 5 nitrogen and oxygen atoms in total. The standard InChI is InChI=1S/C23H25N5/c1-4-28-10-9-20-19(12-28)21(17-7-5-16(6-8-17)15(2)3)18(11-24)22(27)23(20,13-25)14-26/h5-9,15,18-19,21,27H,4,10,12H2,1-3H3/p+1/t18-,19-,21+/m0/s1. The van der Waals surface area contributed by atoms with Gasteiger partial charge in [-0.25, -0.2) is 0 Å². The lowest BCUT2D eigenvalue weighted by molar-refractivity contribution is -0.897. The molecule has 1 aromatic rings. The minimum absolute atomic E-state index is 0.0691. The summed E-state index contributed by atoms with van der Waals surface area (Å²) in [6.07, 6.45) is 1.98. The molecule has 0 amide bonds. The first-order valence-corrected chi connectivity index (χ1v) is 9.88. The van der Waals surface area contributed by atoms with Gasteiger partial charge in [0.15, 0.2) is 0 Å². The van der Waals surface area contributed by atoms with Crippen molar-refractivity contribution in [2.75, 3.05) is 19.6 Å². The second-order valence-corrected chi connectivity index (χ2v) is 8.12. The van der Waals surface area contributed by atoms with Crippen LogP contribution in [0.25, 0.3) is 0 Å². The van der Waals surface area contributed by atoms with Crippen LogP contribution in [0.4, 0.5) is 0 Å². The Balaban J connectivity index is 2.16. The zero-order valence-electron chi connectivity index (χ0n) is 16.7. The lowest BCUT2D eigenvalue weighted by atomic mass is 9.55. The summed E-state index contributed by atoms with van der Waals surface area (Å²) in [5, 5.41) is 38.3. The largest absolute Gasteiger partial charge is 0.331 e. The van der Waals surface area contributed by atoms with Gasteiger partial charge >= 0.3 is 0 Å². The van der Waals surface area contributed by atoms with E-state index in [2.05, 4.69) is 63.2 Å². The number of hydrogen-bond acceptors (Lipinski definition) is 4. The van der Waals surface area contributed by atoms with Crippen molar-refractivity contribution < 1.29 is 4.90 Å². The van der Waals surface area contributed by atoms with Gasteiger partial charge in [0.1, 0.15) is 0 Å². The molecule has 0 saturated heterocycles. The van der Waals surface area contributed by atoms with Crippen molar-refractivity contribution in [2.24, 2.45) is 17.3 Å². The van der Waals surface area contributed by atoms with Crippen LogP contribution in [0.3, 0.4) is 0 Å². The van der Waals surface area contributed by atoms with Gasteiger partial charge in [0, 0.05) is 11.8 Å². The Kier molecular flexibility index (Phi) is 5.37. The van der Waals surface area contributed by atoms with Crippen LogP contribution in [0.15, 0.2) is 35.9 Å². The van der Waals surface area contributed by atoms with Gasteiger partial charge in [-0.2, -0.15) is 15.8 Å². The highest BCUT2D eigenvalue weighted by Crippen LogP contribution is 2.51. The van der Waals surface area contributed by atoms with Gasteiger partial charge in [-0.1, -0.05) is 38.1 Å². The fourth-order valence-corrected chi connectivity index (χ4v) is 4.70. The van der Waals surface area contributed by atoms with E-state index in [9.17, 15) is 15.8 Å². The van der Waals surface area contributed by atoms with Gasteiger partial charge in [-0.15, -0.1) is 0 Å². The molecule has 1 heterocycles. The summed E-state index contributed by atoms with van der Waals surface area (Å²) in [5.41, 5.74) is 1.29. The van der Waals surface area contributed by atoms with Crippen LogP contribution in [0, 0.1) is 56.7 Å². The molecule has 2 N–H and O–H groups in total. The molecular weight excluding hydrogens is 346 g/mol. The molecule has 28 heavy (non-hydrogen) atoms. The number of rotatable bonds is 3. The third-order valence-electron chi connectivity index (χ3n) is 6.42. The van der Waals surface area contributed by atoms with Crippen LogP contribution in [0.5, 0.6) is 0 Å². The molecule has 2 aliphatic rings. The van der Waals surface area contributed by atoms with E-state index in [0.717, 1.165) is 30.8 Å². The molecule has 1 aromatic carbocycles. The summed E-state index contributed by atoms with van der Waals surface area (Å²) in [6.45, 7) is 8.87. The molecule has 1 aliphatic carbocycles. The van der Waals surface area contributed by atoms with Crippen LogP contribution < -0.4 is 4.90 Å². The molecule has 0 bridgehead atoms. The third-order valence-corrected chi connectivity index (χ3v) is 6.42. The molecule has 1 fully saturated rings. The number of likely N-dealkylation sites (N-methyl/N-ethyl adjacent to an activating group) is 1. The Hall–Kier alpha value is -2.94. The van der Waals surface area contributed by atoms with Crippen LogP contribution in [-0.4, -0.2) is 25.3 Å². The first kappa shape index (κ1) is 19.8. The van der Waals surface area contributed by atoms with Crippen LogP contribution >= 0.6 is 0 Å². The second-order valence-electron chi connectivity index (χ2n) is 8.12. The van der Waals surface area contributed by atoms with E-state index >= 15 is 0 Å². The van der Waals surface area contributed by atoms with Crippen molar-refractivity contribution in [1.29, 1.82) is 21.2 Å². The van der Waals surface area contributed by atoms with Crippen molar-refractivity contribution >= 4 is 5.71 Å². The number of quaternary nitrogens is 1. The molecule has 1 aliphatic heterocycles. The molecule has 0 aromatic heterocycles. The van der Waals surface area contributed by atoms with Crippen molar-refractivity contribution in [1.82, 2.24) is 0 Å². The van der Waals surface area contributed by atoms with Gasteiger partial charge in [0.2, 0.25) is 5.41 Å². The highest BCUT2D eigenvalue weighted by Gasteiger charge is 2.57. The van der Waals surface area contributed by atoms with Crippen molar-refractivity contribution in [3.63, 3.8) is 0 Å². The van der Waals surface area contributed by atoms with Crippen LogP contribution in [0.2, 0.25) is 0 Å². The fraction of sp³-hybridized carbons (Fsp3) is 0.478. The molecule has 0 spiro atoms. The summed E-state index contributed by atoms with van der Waals surface area (Å²) in [5.74, 6) is -0.656. The van der Waals surface area contributed by atoms with Crippen LogP contribution in [0.1, 0.15) is 43.7 Å². The molecule has 5 heteroatoms. The normalized spacial score (nSPS) is 28.5.